The molecular formula is C19H25NO5S. The molecule has 1 fully saturated rings. The molecule has 142 valence electrons. The van der Waals surface area contributed by atoms with Gasteiger partial charge in [0.15, 0.2) is 9.84 Å². The molecule has 0 bridgehead atoms. The van der Waals surface area contributed by atoms with Crippen molar-refractivity contribution >= 4 is 15.8 Å². The Balaban J connectivity index is 2.26. The monoisotopic (exact) mass is 379 g/mol. The quantitative estimate of drug-likeness (QED) is 0.764. The Bertz CT molecular complexity index is 789. The number of carboxylic acids is 1. The lowest BCUT2D eigenvalue weighted by atomic mass is 9.96. The zero-order valence-corrected chi connectivity index (χ0v) is 16.1. The van der Waals surface area contributed by atoms with Crippen molar-refractivity contribution in [3.05, 3.63) is 24.3 Å². The van der Waals surface area contributed by atoms with Gasteiger partial charge in [0.2, 0.25) is 0 Å². The van der Waals surface area contributed by atoms with Crippen LogP contribution in [0.4, 0.5) is 0 Å². The molecule has 7 heteroatoms. The van der Waals surface area contributed by atoms with Gasteiger partial charge in [-0.1, -0.05) is 5.92 Å². The van der Waals surface area contributed by atoms with Gasteiger partial charge in [0.25, 0.3) is 0 Å². The Morgan fingerprint density at radius 1 is 1.35 bits per heavy atom. The van der Waals surface area contributed by atoms with Crippen LogP contribution in [-0.4, -0.2) is 49.0 Å². The summed E-state index contributed by atoms with van der Waals surface area (Å²) in [6.45, 7) is 6.26. The van der Waals surface area contributed by atoms with Crippen molar-refractivity contribution in [2.45, 2.75) is 49.9 Å². The highest BCUT2D eigenvalue weighted by atomic mass is 32.2. The summed E-state index contributed by atoms with van der Waals surface area (Å²) in [6, 6.07) is 6.22. The lowest BCUT2D eigenvalue weighted by Crippen LogP contribution is -2.51. The third kappa shape index (κ3) is 4.57. The summed E-state index contributed by atoms with van der Waals surface area (Å²) in [5.41, 5.74) is 0. The molecule has 1 aromatic carbocycles. The first kappa shape index (κ1) is 20.3. The lowest BCUT2D eigenvalue weighted by molar-refractivity contribution is -0.143. The number of ether oxygens (including phenoxy) is 1. The van der Waals surface area contributed by atoms with Gasteiger partial charge in [0.1, 0.15) is 17.7 Å². The van der Waals surface area contributed by atoms with E-state index in [0.717, 1.165) is 0 Å². The third-order valence-corrected chi connectivity index (χ3v) is 6.71. The van der Waals surface area contributed by atoms with Gasteiger partial charge in [-0.15, -0.1) is 5.92 Å². The highest BCUT2D eigenvalue weighted by Gasteiger charge is 2.41. The fraction of sp³-hybridized carbons (Fsp3) is 0.526. The molecule has 26 heavy (non-hydrogen) atoms. The number of piperidine rings is 1. The predicted octanol–water partition coefficient (Wildman–Crippen LogP) is 2.39. The van der Waals surface area contributed by atoms with Crippen LogP contribution in [-0.2, 0) is 14.6 Å². The van der Waals surface area contributed by atoms with Crippen LogP contribution in [0.1, 0.15) is 33.6 Å². The van der Waals surface area contributed by atoms with Crippen LogP contribution in [0.15, 0.2) is 29.2 Å². The highest BCUT2D eigenvalue weighted by Crippen LogP contribution is 2.32. The molecular weight excluding hydrogens is 354 g/mol. The maximum atomic E-state index is 13.1. The highest BCUT2D eigenvalue weighted by molar-refractivity contribution is 7.92. The number of sulfone groups is 1. The minimum absolute atomic E-state index is 0.0137. The van der Waals surface area contributed by atoms with Crippen LogP contribution in [0.5, 0.6) is 5.75 Å². The summed E-state index contributed by atoms with van der Waals surface area (Å²) >= 11 is 0. The van der Waals surface area contributed by atoms with Crippen molar-refractivity contribution in [1.82, 2.24) is 4.90 Å². The van der Waals surface area contributed by atoms with Crippen molar-refractivity contribution in [2.75, 3.05) is 13.2 Å². The van der Waals surface area contributed by atoms with Crippen molar-refractivity contribution in [1.29, 1.82) is 0 Å². The van der Waals surface area contributed by atoms with Gasteiger partial charge in [-0.05, 0) is 57.9 Å². The van der Waals surface area contributed by atoms with E-state index in [0.29, 0.717) is 18.7 Å². The Labute approximate surface area is 155 Å². The fourth-order valence-corrected chi connectivity index (χ4v) is 5.16. The molecule has 0 aromatic heterocycles. The zero-order valence-electron chi connectivity index (χ0n) is 15.3. The molecule has 0 spiro atoms. The second-order valence-electron chi connectivity index (χ2n) is 6.58. The first-order valence-electron chi connectivity index (χ1n) is 8.62. The standard InChI is InChI=1S/C19H25NO5S/c1-4-5-12-25-16-6-8-17(9-7-16)26(23,24)18-13-15(19(21)22)10-11-20(18)14(2)3/h6-9,14-15,18H,10-13H2,1-3H3,(H,21,22). The minimum Gasteiger partial charge on any atom is -0.481 e. The van der Waals surface area contributed by atoms with Crippen LogP contribution < -0.4 is 4.74 Å². The van der Waals surface area contributed by atoms with E-state index in [-0.39, 0.29) is 24.0 Å². The number of likely N-dealkylation sites (tertiary alicyclic amines) is 1. The molecule has 2 unspecified atom stereocenters. The Morgan fingerprint density at radius 2 is 2.00 bits per heavy atom. The molecule has 0 amide bonds. The van der Waals surface area contributed by atoms with E-state index in [4.69, 9.17) is 4.74 Å². The molecule has 1 aliphatic heterocycles. The van der Waals surface area contributed by atoms with E-state index in [1.54, 1.807) is 19.1 Å². The number of nitrogens with zero attached hydrogens (tertiary/aromatic N) is 1. The second-order valence-corrected chi connectivity index (χ2v) is 8.68. The van der Waals surface area contributed by atoms with Gasteiger partial charge in [-0.2, -0.15) is 0 Å². The number of benzene rings is 1. The second kappa shape index (κ2) is 8.56. The average molecular weight is 379 g/mol. The normalized spacial score (nSPS) is 21.1. The maximum Gasteiger partial charge on any atom is 0.306 e. The zero-order chi connectivity index (χ0) is 19.3. The van der Waals surface area contributed by atoms with Crippen LogP contribution in [0.2, 0.25) is 0 Å². The SMILES string of the molecule is CC#CCOc1ccc(S(=O)(=O)C2CC(C(=O)O)CCN2C(C)C)cc1. The summed E-state index contributed by atoms with van der Waals surface area (Å²) in [5.74, 6) is 4.46. The molecule has 1 heterocycles. The molecule has 1 saturated heterocycles. The lowest BCUT2D eigenvalue weighted by Gasteiger charge is -2.40. The topological polar surface area (TPSA) is 83.9 Å². The number of aliphatic carboxylic acids is 1. The predicted molar refractivity (Wildman–Crippen MR) is 98.6 cm³/mol. The van der Waals surface area contributed by atoms with Gasteiger partial charge < -0.3 is 9.84 Å². The van der Waals surface area contributed by atoms with Crippen molar-refractivity contribution in [3.8, 4) is 17.6 Å². The Kier molecular flexibility index (Phi) is 6.68. The molecule has 0 saturated carbocycles. The minimum atomic E-state index is -3.69. The molecule has 2 atom stereocenters. The molecule has 1 N–H and O–H groups in total. The molecule has 2 rings (SSSR count). The van der Waals surface area contributed by atoms with E-state index in [1.807, 2.05) is 18.7 Å². The summed E-state index contributed by atoms with van der Waals surface area (Å²) in [7, 11) is -3.69. The van der Waals surface area contributed by atoms with E-state index in [2.05, 4.69) is 11.8 Å². The summed E-state index contributed by atoms with van der Waals surface area (Å²) < 4.78 is 31.7. The van der Waals surface area contributed by atoms with Crippen LogP contribution in [0, 0.1) is 17.8 Å². The molecule has 0 aliphatic carbocycles. The first-order chi connectivity index (χ1) is 12.3. The van der Waals surface area contributed by atoms with Crippen molar-refractivity contribution in [3.63, 3.8) is 0 Å². The number of hydrogen-bond acceptors (Lipinski definition) is 5. The van der Waals surface area contributed by atoms with Crippen molar-refractivity contribution in [2.24, 2.45) is 5.92 Å². The summed E-state index contributed by atoms with van der Waals surface area (Å²) in [6.07, 6.45) is 0.560. The van der Waals surface area contributed by atoms with Crippen molar-refractivity contribution < 1.29 is 23.1 Å². The van der Waals surface area contributed by atoms with Crippen LogP contribution in [0.3, 0.4) is 0 Å². The van der Waals surface area contributed by atoms with E-state index >= 15 is 0 Å². The molecule has 1 aromatic rings. The number of carboxylic acid groups (broad SMARTS) is 1. The smallest absolute Gasteiger partial charge is 0.306 e. The largest absolute Gasteiger partial charge is 0.481 e. The molecule has 0 radical (unpaired) electrons. The Hall–Kier alpha value is -2.04. The van der Waals surface area contributed by atoms with Gasteiger partial charge in [-0.25, -0.2) is 8.42 Å². The summed E-state index contributed by atoms with van der Waals surface area (Å²) in [5, 5.41) is 8.48. The Morgan fingerprint density at radius 3 is 2.54 bits per heavy atom. The summed E-state index contributed by atoms with van der Waals surface area (Å²) in [4.78, 5) is 13.4. The van der Waals surface area contributed by atoms with E-state index in [1.165, 1.54) is 12.1 Å². The van der Waals surface area contributed by atoms with Crippen LogP contribution in [0.25, 0.3) is 0 Å². The van der Waals surface area contributed by atoms with Gasteiger partial charge in [0, 0.05) is 12.6 Å². The molecule has 6 nitrogen and oxygen atoms in total. The van der Waals surface area contributed by atoms with Crippen LogP contribution >= 0.6 is 0 Å². The number of hydrogen-bond donors (Lipinski definition) is 1. The van der Waals surface area contributed by atoms with Gasteiger partial charge >= 0.3 is 5.97 Å². The van der Waals surface area contributed by atoms with Gasteiger partial charge in [-0.3, -0.25) is 9.69 Å². The third-order valence-electron chi connectivity index (χ3n) is 4.60. The molecule has 1 aliphatic rings. The number of carbonyl (C=O) groups is 1. The van der Waals surface area contributed by atoms with Gasteiger partial charge in [0.05, 0.1) is 10.8 Å². The number of rotatable bonds is 6. The fourth-order valence-electron chi connectivity index (χ4n) is 3.14. The maximum absolute atomic E-state index is 13.1. The van der Waals surface area contributed by atoms with E-state index in [9.17, 15) is 18.3 Å². The average Bonchev–Trinajstić information content (AvgIpc) is 2.61. The van der Waals surface area contributed by atoms with E-state index < -0.39 is 27.1 Å². The first-order valence-corrected chi connectivity index (χ1v) is 10.2.